The average Bonchev–Trinajstić information content (AvgIpc) is 2.87. The second kappa shape index (κ2) is 12.6. The molecular weight excluding hydrogens is 450 g/mol. The van der Waals surface area contributed by atoms with Gasteiger partial charge in [0.2, 0.25) is 5.91 Å². The Labute approximate surface area is 164 Å². The molecule has 1 saturated heterocycles. The summed E-state index contributed by atoms with van der Waals surface area (Å²) >= 11 is 0. The summed E-state index contributed by atoms with van der Waals surface area (Å²) in [4.78, 5) is 18.9. The van der Waals surface area contributed by atoms with Gasteiger partial charge >= 0.3 is 6.18 Å². The average molecular weight is 479 g/mol. The van der Waals surface area contributed by atoms with Gasteiger partial charge in [-0.15, -0.1) is 24.0 Å². The van der Waals surface area contributed by atoms with Crippen molar-refractivity contribution in [2.75, 3.05) is 52.9 Å². The quantitative estimate of drug-likeness (QED) is 0.229. The van der Waals surface area contributed by atoms with Crippen LogP contribution in [-0.4, -0.2) is 80.7 Å². The summed E-state index contributed by atoms with van der Waals surface area (Å²) in [6.45, 7) is 4.42. The molecule has 0 aromatic rings. The van der Waals surface area contributed by atoms with Crippen LogP contribution in [0.25, 0.3) is 0 Å². The molecule has 0 radical (unpaired) electrons. The number of aliphatic imine (C=N–C) groups is 1. The van der Waals surface area contributed by atoms with Crippen LogP contribution in [0.3, 0.4) is 0 Å². The Morgan fingerprint density at radius 3 is 2.64 bits per heavy atom. The maximum absolute atomic E-state index is 12.2. The summed E-state index contributed by atoms with van der Waals surface area (Å²) in [7, 11) is 1.44. The zero-order valence-corrected chi connectivity index (χ0v) is 17.2. The molecule has 10 heteroatoms. The molecule has 0 saturated carbocycles. The lowest BCUT2D eigenvalue weighted by Gasteiger charge is -2.19. The van der Waals surface area contributed by atoms with Gasteiger partial charge in [-0.1, -0.05) is 0 Å². The first kappa shape index (κ1) is 24.2. The third-order valence-electron chi connectivity index (χ3n) is 3.61. The van der Waals surface area contributed by atoms with Crippen LogP contribution in [0.15, 0.2) is 4.99 Å². The molecule has 1 heterocycles. The van der Waals surface area contributed by atoms with Crippen molar-refractivity contribution in [3.8, 4) is 0 Å². The van der Waals surface area contributed by atoms with Gasteiger partial charge in [0.25, 0.3) is 0 Å². The lowest BCUT2D eigenvalue weighted by Crippen LogP contribution is -2.42. The molecule has 0 aliphatic carbocycles. The van der Waals surface area contributed by atoms with Gasteiger partial charge in [-0.05, 0) is 26.8 Å². The molecule has 6 nitrogen and oxygen atoms in total. The highest BCUT2D eigenvalue weighted by atomic mass is 127. The molecule has 2 N–H and O–H groups in total. The van der Waals surface area contributed by atoms with Crippen molar-refractivity contribution in [3.63, 3.8) is 0 Å². The van der Waals surface area contributed by atoms with Gasteiger partial charge < -0.3 is 15.5 Å². The maximum atomic E-state index is 12.2. The largest absolute Gasteiger partial charge is 0.401 e. The summed E-state index contributed by atoms with van der Waals surface area (Å²) in [5.41, 5.74) is 0. The molecule has 0 spiro atoms. The van der Waals surface area contributed by atoms with Gasteiger partial charge in [0, 0.05) is 45.7 Å². The molecular formula is C15H29F3IN5O. The number of nitrogens with one attached hydrogen (secondary N) is 2. The van der Waals surface area contributed by atoms with E-state index >= 15 is 0 Å². The fraction of sp³-hybridized carbons (Fsp3) is 0.867. The highest BCUT2D eigenvalue weighted by Gasteiger charge is 2.28. The van der Waals surface area contributed by atoms with E-state index in [9.17, 15) is 18.0 Å². The van der Waals surface area contributed by atoms with Crippen LogP contribution in [0, 0.1) is 0 Å². The minimum absolute atomic E-state index is 0. The Hall–Kier alpha value is -0.780. The van der Waals surface area contributed by atoms with E-state index in [-0.39, 0.29) is 36.4 Å². The van der Waals surface area contributed by atoms with Crippen LogP contribution in [-0.2, 0) is 4.79 Å². The number of nitrogens with zero attached hydrogens (tertiary/aromatic N) is 3. The highest BCUT2D eigenvalue weighted by Crippen LogP contribution is 2.15. The van der Waals surface area contributed by atoms with Crippen molar-refractivity contribution in [3.05, 3.63) is 0 Å². The number of likely N-dealkylation sites (N-methyl/N-ethyl adjacent to an activating group) is 1. The fourth-order valence-electron chi connectivity index (χ4n) is 2.48. The maximum Gasteiger partial charge on any atom is 0.401 e. The molecule has 0 aromatic heterocycles. The van der Waals surface area contributed by atoms with Gasteiger partial charge in [-0.2, -0.15) is 13.2 Å². The molecule has 1 rings (SSSR count). The summed E-state index contributed by atoms with van der Waals surface area (Å²) in [5.74, 6) is 0.794. The molecule has 25 heavy (non-hydrogen) atoms. The second-order valence-corrected chi connectivity index (χ2v) is 5.88. The Kier molecular flexibility index (Phi) is 12.2. The van der Waals surface area contributed by atoms with E-state index in [1.165, 1.54) is 11.9 Å². The number of alkyl halides is 3. The molecule has 1 aliphatic heterocycles. The molecule has 148 valence electrons. The first-order valence-corrected chi connectivity index (χ1v) is 8.37. The minimum atomic E-state index is -4.18. The predicted molar refractivity (Wildman–Crippen MR) is 103 cm³/mol. The Bertz CT molecular complexity index is 420. The number of hydrogen-bond donors (Lipinski definition) is 2. The van der Waals surface area contributed by atoms with E-state index in [0.717, 1.165) is 19.4 Å². The van der Waals surface area contributed by atoms with Crippen LogP contribution in [0.5, 0.6) is 0 Å². The second-order valence-electron chi connectivity index (χ2n) is 5.88. The van der Waals surface area contributed by atoms with Crippen molar-refractivity contribution in [1.29, 1.82) is 0 Å². The lowest BCUT2D eigenvalue weighted by molar-refractivity contribution is -0.142. The smallest absolute Gasteiger partial charge is 0.357 e. The van der Waals surface area contributed by atoms with E-state index in [0.29, 0.717) is 38.6 Å². The van der Waals surface area contributed by atoms with Crippen LogP contribution in [0.4, 0.5) is 13.2 Å². The number of amides is 1. The molecule has 0 bridgehead atoms. The van der Waals surface area contributed by atoms with Gasteiger partial charge in [-0.25, -0.2) is 0 Å². The van der Waals surface area contributed by atoms with E-state index in [2.05, 4.69) is 15.6 Å². The van der Waals surface area contributed by atoms with E-state index < -0.39 is 12.7 Å². The molecule has 1 amide bonds. The number of hydrogen-bond acceptors (Lipinski definition) is 3. The van der Waals surface area contributed by atoms with Gasteiger partial charge in [0.1, 0.15) is 0 Å². The van der Waals surface area contributed by atoms with Gasteiger partial charge in [0.15, 0.2) is 5.96 Å². The van der Waals surface area contributed by atoms with E-state index in [1.54, 1.807) is 0 Å². The van der Waals surface area contributed by atoms with Crippen LogP contribution in [0.2, 0.25) is 0 Å². The van der Waals surface area contributed by atoms with Crippen molar-refractivity contribution in [1.82, 2.24) is 20.4 Å². The van der Waals surface area contributed by atoms with Crippen LogP contribution < -0.4 is 10.6 Å². The zero-order chi connectivity index (χ0) is 18.0. The van der Waals surface area contributed by atoms with Crippen LogP contribution in [0.1, 0.15) is 26.2 Å². The van der Waals surface area contributed by atoms with Crippen molar-refractivity contribution < 1.29 is 18.0 Å². The summed E-state index contributed by atoms with van der Waals surface area (Å²) < 4.78 is 36.7. The number of carbonyl (C=O) groups excluding carboxylic acids is 1. The first-order valence-electron chi connectivity index (χ1n) is 8.37. The third-order valence-corrected chi connectivity index (χ3v) is 3.61. The van der Waals surface area contributed by atoms with Crippen molar-refractivity contribution in [2.45, 2.75) is 32.4 Å². The zero-order valence-electron chi connectivity index (χ0n) is 14.9. The SMILES string of the molecule is CCNC(=NCCCN1CCCC1=O)NCCN(C)CC(F)(F)F.I. The van der Waals surface area contributed by atoms with Crippen LogP contribution >= 0.6 is 24.0 Å². The molecule has 0 aromatic carbocycles. The molecule has 0 unspecified atom stereocenters. The monoisotopic (exact) mass is 479 g/mol. The van der Waals surface area contributed by atoms with Crippen molar-refractivity contribution >= 4 is 35.8 Å². The third kappa shape index (κ3) is 11.4. The highest BCUT2D eigenvalue weighted by molar-refractivity contribution is 14.0. The number of guanidine groups is 1. The summed E-state index contributed by atoms with van der Waals surface area (Å²) in [5, 5.41) is 6.08. The Morgan fingerprint density at radius 1 is 1.36 bits per heavy atom. The Morgan fingerprint density at radius 2 is 2.08 bits per heavy atom. The summed E-state index contributed by atoms with van der Waals surface area (Å²) in [6, 6.07) is 0. The molecule has 0 atom stereocenters. The topological polar surface area (TPSA) is 60.0 Å². The summed E-state index contributed by atoms with van der Waals surface area (Å²) in [6.07, 6.45) is -1.84. The van der Waals surface area contributed by atoms with Gasteiger partial charge in [0.05, 0.1) is 6.54 Å². The first-order chi connectivity index (χ1) is 11.3. The Balaban J connectivity index is 0.00000576. The number of carbonyl (C=O) groups is 1. The normalized spacial score (nSPS) is 15.5. The van der Waals surface area contributed by atoms with Crippen molar-refractivity contribution in [2.24, 2.45) is 4.99 Å². The van der Waals surface area contributed by atoms with E-state index in [4.69, 9.17) is 0 Å². The number of likely N-dealkylation sites (tertiary alicyclic amines) is 1. The molecule has 1 fully saturated rings. The number of halogens is 4. The fourth-order valence-corrected chi connectivity index (χ4v) is 2.48. The predicted octanol–water partition coefficient (Wildman–Crippen LogP) is 1.67. The number of rotatable bonds is 9. The standard InChI is InChI=1S/C15H28F3N5O.HI/c1-3-19-14(21-8-11-22(2)12-15(16,17)18)20-7-5-10-23-9-4-6-13(23)24;/h3-12H2,1-2H3,(H2,19,20,21);1H. The molecule has 1 aliphatic rings. The minimum Gasteiger partial charge on any atom is -0.357 e. The van der Waals surface area contributed by atoms with E-state index in [1.807, 2.05) is 11.8 Å². The van der Waals surface area contributed by atoms with Gasteiger partial charge in [-0.3, -0.25) is 14.7 Å². The lowest BCUT2D eigenvalue weighted by atomic mass is 10.4.